The Labute approximate surface area is 176 Å². The van der Waals surface area contributed by atoms with Gasteiger partial charge in [0.25, 0.3) is 0 Å². The number of hydrogen-bond donors (Lipinski definition) is 1. The summed E-state index contributed by atoms with van der Waals surface area (Å²) in [5, 5.41) is 7.13. The molecule has 7 nitrogen and oxygen atoms in total. The molecule has 2 amide bonds. The first-order valence-corrected chi connectivity index (χ1v) is 10.3. The standard InChI is InChI=1S/C23H26N4O3/c1-3-16-10-12-18(13-11-16)24-23(28)27-14-5-4-9-20(27)22-25-21(26-30-22)17-7-6-8-19(15-17)29-2/h6-8,10-13,15,20H,3-5,9,14H2,1-2H3,(H,24,28)/t20-/m1/s1. The van der Waals surface area contributed by atoms with Crippen molar-refractivity contribution in [2.24, 2.45) is 0 Å². The number of amides is 2. The molecule has 1 atom stereocenters. The molecular weight excluding hydrogens is 380 g/mol. The number of urea groups is 1. The van der Waals surface area contributed by atoms with Crippen molar-refractivity contribution in [3.63, 3.8) is 0 Å². The maximum atomic E-state index is 13.0. The summed E-state index contributed by atoms with van der Waals surface area (Å²) < 4.78 is 10.8. The Morgan fingerprint density at radius 1 is 1.23 bits per heavy atom. The SMILES string of the molecule is CCc1ccc(NC(=O)N2CCCC[C@@H]2c2nc(-c3cccc(OC)c3)no2)cc1. The minimum atomic E-state index is -0.236. The lowest BCUT2D eigenvalue weighted by atomic mass is 10.0. The third-order valence-electron chi connectivity index (χ3n) is 5.43. The van der Waals surface area contributed by atoms with E-state index in [1.165, 1.54) is 5.56 Å². The number of rotatable bonds is 5. The molecule has 0 unspecified atom stereocenters. The predicted octanol–water partition coefficient (Wildman–Crippen LogP) is 5.07. The summed E-state index contributed by atoms with van der Waals surface area (Å²) in [6, 6.07) is 15.1. The van der Waals surface area contributed by atoms with E-state index in [1.54, 1.807) is 12.0 Å². The molecular formula is C23H26N4O3. The van der Waals surface area contributed by atoms with Crippen LogP contribution >= 0.6 is 0 Å². The number of methoxy groups -OCH3 is 1. The van der Waals surface area contributed by atoms with E-state index in [2.05, 4.69) is 22.4 Å². The number of likely N-dealkylation sites (tertiary alicyclic amines) is 1. The molecule has 0 aliphatic carbocycles. The van der Waals surface area contributed by atoms with Gasteiger partial charge >= 0.3 is 6.03 Å². The van der Waals surface area contributed by atoms with Crippen LogP contribution in [0.15, 0.2) is 53.1 Å². The number of piperidine rings is 1. The van der Waals surface area contributed by atoms with Crippen LogP contribution in [0.3, 0.4) is 0 Å². The molecule has 0 spiro atoms. The van der Waals surface area contributed by atoms with Crippen molar-refractivity contribution in [2.75, 3.05) is 19.0 Å². The highest BCUT2D eigenvalue weighted by Crippen LogP contribution is 2.32. The fraction of sp³-hybridized carbons (Fsp3) is 0.348. The van der Waals surface area contributed by atoms with Crippen molar-refractivity contribution in [1.29, 1.82) is 0 Å². The molecule has 7 heteroatoms. The summed E-state index contributed by atoms with van der Waals surface area (Å²) in [6.07, 6.45) is 3.73. The van der Waals surface area contributed by atoms with Crippen LogP contribution in [-0.4, -0.2) is 34.7 Å². The summed E-state index contributed by atoms with van der Waals surface area (Å²) in [6.45, 7) is 2.76. The normalized spacial score (nSPS) is 16.3. The van der Waals surface area contributed by atoms with Gasteiger partial charge in [-0.15, -0.1) is 0 Å². The molecule has 4 rings (SSSR count). The molecule has 1 aliphatic heterocycles. The Hall–Kier alpha value is -3.35. The van der Waals surface area contributed by atoms with Gasteiger partial charge in [0.1, 0.15) is 11.8 Å². The monoisotopic (exact) mass is 406 g/mol. The average molecular weight is 406 g/mol. The summed E-state index contributed by atoms with van der Waals surface area (Å²) in [5.41, 5.74) is 2.83. The maximum absolute atomic E-state index is 13.0. The zero-order valence-electron chi connectivity index (χ0n) is 17.3. The van der Waals surface area contributed by atoms with Crippen LogP contribution in [0.4, 0.5) is 10.5 Å². The van der Waals surface area contributed by atoms with E-state index < -0.39 is 0 Å². The summed E-state index contributed by atoms with van der Waals surface area (Å²) >= 11 is 0. The minimum Gasteiger partial charge on any atom is -0.497 e. The largest absolute Gasteiger partial charge is 0.497 e. The van der Waals surface area contributed by atoms with Crippen LogP contribution in [0.5, 0.6) is 5.75 Å². The van der Waals surface area contributed by atoms with E-state index in [9.17, 15) is 4.79 Å². The molecule has 0 saturated carbocycles. The molecule has 1 aromatic heterocycles. The van der Waals surface area contributed by atoms with Crippen molar-refractivity contribution in [3.05, 3.63) is 60.0 Å². The van der Waals surface area contributed by atoms with Crippen LogP contribution in [0.1, 0.15) is 43.7 Å². The second kappa shape index (κ2) is 8.98. The van der Waals surface area contributed by atoms with E-state index in [0.29, 0.717) is 18.3 Å². The fourth-order valence-corrected chi connectivity index (χ4v) is 3.70. The van der Waals surface area contributed by atoms with Crippen molar-refractivity contribution in [2.45, 2.75) is 38.6 Å². The zero-order chi connectivity index (χ0) is 20.9. The third kappa shape index (κ3) is 4.30. The number of carbonyl (C=O) groups excluding carboxylic acids is 1. The highest BCUT2D eigenvalue weighted by molar-refractivity contribution is 5.89. The van der Waals surface area contributed by atoms with Crippen molar-refractivity contribution in [1.82, 2.24) is 15.0 Å². The molecule has 2 aromatic carbocycles. The molecule has 1 saturated heterocycles. The predicted molar refractivity (Wildman–Crippen MR) is 114 cm³/mol. The lowest BCUT2D eigenvalue weighted by Crippen LogP contribution is -2.41. The van der Waals surface area contributed by atoms with E-state index in [4.69, 9.17) is 9.26 Å². The summed E-state index contributed by atoms with van der Waals surface area (Å²) in [4.78, 5) is 19.4. The average Bonchev–Trinajstić information content (AvgIpc) is 3.30. The van der Waals surface area contributed by atoms with Gasteiger partial charge in [0.05, 0.1) is 7.11 Å². The highest BCUT2D eigenvalue weighted by Gasteiger charge is 2.32. The molecule has 2 heterocycles. The number of hydrogen-bond acceptors (Lipinski definition) is 5. The Kier molecular flexibility index (Phi) is 5.97. The topological polar surface area (TPSA) is 80.5 Å². The number of aryl methyl sites for hydroxylation is 1. The van der Waals surface area contributed by atoms with Gasteiger partial charge in [-0.25, -0.2) is 4.79 Å². The smallest absolute Gasteiger partial charge is 0.322 e. The second-order valence-corrected chi connectivity index (χ2v) is 7.37. The Morgan fingerprint density at radius 2 is 2.07 bits per heavy atom. The van der Waals surface area contributed by atoms with Gasteiger partial charge in [-0.05, 0) is 55.5 Å². The van der Waals surface area contributed by atoms with Crippen molar-refractivity contribution in [3.8, 4) is 17.1 Å². The number of benzene rings is 2. The summed E-state index contributed by atoms with van der Waals surface area (Å²) in [7, 11) is 1.62. The summed E-state index contributed by atoms with van der Waals surface area (Å²) in [5.74, 6) is 1.68. The molecule has 0 bridgehead atoms. The number of carbonyl (C=O) groups is 1. The van der Waals surface area contributed by atoms with Crippen molar-refractivity contribution >= 4 is 11.7 Å². The van der Waals surface area contributed by atoms with Crippen LogP contribution in [-0.2, 0) is 6.42 Å². The van der Waals surface area contributed by atoms with Gasteiger partial charge in [0, 0.05) is 17.8 Å². The van der Waals surface area contributed by atoms with Gasteiger partial charge in [0.15, 0.2) is 0 Å². The van der Waals surface area contributed by atoms with Gasteiger partial charge in [0.2, 0.25) is 11.7 Å². The van der Waals surface area contributed by atoms with E-state index >= 15 is 0 Å². The zero-order valence-corrected chi connectivity index (χ0v) is 17.3. The van der Waals surface area contributed by atoms with Crippen LogP contribution in [0.2, 0.25) is 0 Å². The van der Waals surface area contributed by atoms with E-state index in [0.717, 1.165) is 42.7 Å². The lowest BCUT2D eigenvalue weighted by molar-refractivity contribution is 0.142. The number of anilines is 1. The first kappa shape index (κ1) is 19.9. The second-order valence-electron chi connectivity index (χ2n) is 7.37. The van der Waals surface area contributed by atoms with Crippen LogP contribution in [0, 0.1) is 0 Å². The molecule has 156 valence electrons. The van der Waals surface area contributed by atoms with Crippen LogP contribution < -0.4 is 10.1 Å². The Bertz CT molecular complexity index is 1000. The number of nitrogens with one attached hydrogen (secondary N) is 1. The molecule has 1 fully saturated rings. The van der Waals surface area contributed by atoms with Gasteiger partial charge in [-0.2, -0.15) is 4.98 Å². The molecule has 30 heavy (non-hydrogen) atoms. The minimum absolute atomic E-state index is 0.148. The Morgan fingerprint density at radius 3 is 2.83 bits per heavy atom. The number of nitrogens with zero attached hydrogens (tertiary/aromatic N) is 3. The van der Waals surface area contributed by atoms with Crippen LogP contribution in [0.25, 0.3) is 11.4 Å². The fourth-order valence-electron chi connectivity index (χ4n) is 3.70. The highest BCUT2D eigenvalue weighted by atomic mass is 16.5. The molecule has 1 aliphatic rings. The lowest BCUT2D eigenvalue weighted by Gasteiger charge is -2.33. The molecule has 0 radical (unpaired) electrons. The molecule has 1 N–H and O–H groups in total. The third-order valence-corrected chi connectivity index (χ3v) is 5.43. The van der Waals surface area contributed by atoms with Gasteiger partial charge < -0.3 is 19.5 Å². The van der Waals surface area contributed by atoms with Gasteiger partial charge in [-0.1, -0.05) is 36.3 Å². The number of ether oxygens (including phenoxy) is 1. The number of aromatic nitrogens is 2. The Balaban J connectivity index is 1.52. The van der Waals surface area contributed by atoms with Crippen molar-refractivity contribution < 1.29 is 14.1 Å². The quantitative estimate of drug-likeness (QED) is 0.640. The first-order chi connectivity index (χ1) is 14.7. The maximum Gasteiger partial charge on any atom is 0.322 e. The van der Waals surface area contributed by atoms with E-state index in [-0.39, 0.29) is 12.1 Å². The first-order valence-electron chi connectivity index (χ1n) is 10.3. The molecule has 3 aromatic rings. The van der Waals surface area contributed by atoms with Gasteiger partial charge in [-0.3, -0.25) is 0 Å². The van der Waals surface area contributed by atoms with E-state index in [1.807, 2.05) is 48.5 Å².